The lowest BCUT2D eigenvalue weighted by molar-refractivity contribution is 0.590. The normalized spacial score (nSPS) is 12.7. The molecule has 0 saturated heterocycles. The van der Waals surface area contributed by atoms with Crippen LogP contribution in [0.4, 0.5) is 0 Å². The monoisotopic (exact) mass is 344 g/mol. The molecule has 0 aliphatic rings. The van der Waals surface area contributed by atoms with Crippen LogP contribution in [-0.2, 0) is 21.9 Å². The standard InChI is InChI=1S/C19H24N2O2S/c1-19(2,3)17-8-4-16(5-9-17)14-21-13-12-15-6-10-18(11-7-15)24(20,22)23/h4-11,14H,12-13H2,1-3H3,(H2,20,22,23). The van der Waals surface area contributed by atoms with Crippen molar-refractivity contribution < 1.29 is 8.42 Å². The van der Waals surface area contributed by atoms with E-state index in [2.05, 4.69) is 50.0 Å². The van der Waals surface area contributed by atoms with Crippen LogP contribution >= 0.6 is 0 Å². The van der Waals surface area contributed by atoms with Crippen LogP contribution in [0.1, 0.15) is 37.5 Å². The van der Waals surface area contributed by atoms with Gasteiger partial charge in [0.25, 0.3) is 0 Å². The summed E-state index contributed by atoms with van der Waals surface area (Å²) in [5.74, 6) is 0. The highest BCUT2D eigenvalue weighted by molar-refractivity contribution is 7.89. The SMILES string of the molecule is CC(C)(C)c1ccc(C=NCCc2ccc(S(N)(=O)=O)cc2)cc1. The zero-order chi connectivity index (χ0) is 17.8. The molecule has 4 nitrogen and oxygen atoms in total. The molecule has 0 saturated carbocycles. The van der Waals surface area contributed by atoms with Gasteiger partial charge in [-0.3, -0.25) is 4.99 Å². The van der Waals surface area contributed by atoms with Crippen molar-refractivity contribution in [3.8, 4) is 0 Å². The molecule has 0 unspecified atom stereocenters. The molecule has 0 aliphatic carbocycles. The minimum Gasteiger partial charge on any atom is -0.292 e. The fraction of sp³-hybridized carbons (Fsp3) is 0.316. The van der Waals surface area contributed by atoms with Crippen molar-refractivity contribution in [1.29, 1.82) is 0 Å². The predicted octanol–water partition coefficient (Wildman–Crippen LogP) is 3.29. The molecule has 5 heteroatoms. The van der Waals surface area contributed by atoms with Crippen molar-refractivity contribution >= 4 is 16.2 Å². The van der Waals surface area contributed by atoms with E-state index in [4.69, 9.17) is 5.14 Å². The van der Waals surface area contributed by atoms with Crippen LogP contribution in [0.5, 0.6) is 0 Å². The Bertz CT molecular complexity index is 800. The van der Waals surface area contributed by atoms with Crippen LogP contribution in [0.2, 0.25) is 0 Å². The maximum atomic E-state index is 11.2. The third-order valence-electron chi connectivity index (χ3n) is 3.80. The van der Waals surface area contributed by atoms with Crippen molar-refractivity contribution in [1.82, 2.24) is 0 Å². The molecule has 2 rings (SSSR count). The van der Waals surface area contributed by atoms with E-state index >= 15 is 0 Å². The second-order valence-corrected chi connectivity index (χ2v) is 8.41. The Labute approximate surface area is 144 Å². The summed E-state index contributed by atoms with van der Waals surface area (Å²) in [5, 5.41) is 5.08. The number of hydrogen-bond acceptors (Lipinski definition) is 3. The third-order valence-corrected chi connectivity index (χ3v) is 4.73. The van der Waals surface area contributed by atoms with Crippen LogP contribution < -0.4 is 5.14 Å². The molecule has 0 spiro atoms. The first-order valence-corrected chi connectivity index (χ1v) is 9.43. The zero-order valence-electron chi connectivity index (χ0n) is 14.4. The molecule has 0 bridgehead atoms. The Morgan fingerprint density at radius 3 is 2.08 bits per heavy atom. The number of benzene rings is 2. The van der Waals surface area contributed by atoms with Gasteiger partial charge >= 0.3 is 0 Å². The largest absolute Gasteiger partial charge is 0.292 e. The van der Waals surface area contributed by atoms with E-state index in [1.54, 1.807) is 12.1 Å². The van der Waals surface area contributed by atoms with Crippen LogP contribution in [0, 0.1) is 0 Å². The van der Waals surface area contributed by atoms with Crippen molar-refractivity contribution in [2.75, 3.05) is 6.54 Å². The second kappa shape index (κ2) is 7.28. The molecule has 0 radical (unpaired) electrons. The highest BCUT2D eigenvalue weighted by Crippen LogP contribution is 2.21. The highest BCUT2D eigenvalue weighted by Gasteiger charge is 2.12. The molecule has 0 heterocycles. The maximum Gasteiger partial charge on any atom is 0.238 e. The second-order valence-electron chi connectivity index (χ2n) is 6.85. The molecular weight excluding hydrogens is 320 g/mol. The van der Waals surface area contributed by atoms with E-state index in [1.807, 2.05) is 6.21 Å². The molecule has 2 aromatic carbocycles. The Kier molecular flexibility index (Phi) is 5.57. The molecular formula is C19H24N2O2S. The van der Waals surface area contributed by atoms with Gasteiger partial charge in [-0.05, 0) is 40.7 Å². The summed E-state index contributed by atoms with van der Waals surface area (Å²) >= 11 is 0. The summed E-state index contributed by atoms with van der Waals surface area (Å²) in [6.45, 7) is 7.22. The predicted molar refractivity (Wildman–Crippen MR) is 99.1 cm³/mol. The van der Waals surface area contributed by atoms with Gasteiger partial charge in [-0.25, -0.2) is 13.6 Å². The van der Waals surface area contributed by atoms with Gasteiger partial charge in [-0.15, -0.1) is 0 Å². The van der Waals surface area contributed by atoms with Crippen LogP contribution in [0.25, 0.3) is 0 Å². The molecule has 0 amide bonds. The molecule has 0 atom stereocenters. The fourth-order valence-electron chi connectivity index (χ4n) is 2.28. The number of nitrogens with zero attached hydrogens (tertiary/aromatic N) is 1. The lowest BCUT2D eigenvalue weighted by Crippen LogP contribution is -2.11. The van der Waals surface area contributed by atoms with Gasteiger partial charge in [0.05, 0.1) is 4.90 Å². The molecule has 0 fully saturated rings. The Morgan fingerprint density at radius 1 is 1.00 bits per heavy atom. The lowest BCUT2D eigenvalue weighted by atomic mass is 9.87. The van der Waals surface area contributed by atoms with Crippen LogP contribution in [-0.4, -0.2) is 21.2 Å². The number of sulfonamides is 1. The van der Waals surface area contributed by atoms with Gasteiger partial charge in [-0.1, -0.05) is 57.2 Å². The van der Waals surface area contributed by atoms with Gasteiger partial charge in [0.15, 0.2) is 0 Å². The minimum absolute atomic E-state index is 0.133. The summed E-state index contributed by atoms with van der Waals surface area (Å²) < 4.78 is 22.4. The Balaban J connectivity index is 1.91. The van der Waals surface area contributed by atoms with E-state index in [0.29, 0.717) is 6.54 Å². The molecule has 0 aromatic heterocycles. The fourth-order valence-corrected chi connectivity index (χ4v) is 2.79. The number of nitrogens with two attached hydrogens (primary N) is 1. The summed E-state index contributed by atoms with van der Waals surface area (Å²) in [7, 11) is -3.62. The molecule has 2 N–H and O–H groups in total. The average Bonchev–Trinajstić information content (AvgIpc) is 2.51. The molecule has 24 heavy (non-hydrogen) atoms. The topological polar surface area (TPSA) is 72.5 Å². The summed E-state index contributed by atoms with van der Waals surface area (Å²) in [5.41, 5.74) is 3.56. The first kappa shape index (κ1) is 18.4. The summed E-state index contributed by atoms with van der Waals surface area (Å²) in [6.07, 6.45) is 2.62. The molecule has 128 valence electrons. The van der Waals surface area contributed by atoms with Gasteiger partial charge in [0.1, 0.15) is 0 Å². The van der Waals surface area contributed by atoms with Gasteiger partial charge in [0, 0.05) is 12.8 Å². The van der Waals surface area contributed by atoms with E-state index in [1.165, 1.54) is 17.7 Å². The Morgan fingerprint density at radius 2 is 1.58 bits per heavy atom. The number of hydrogen-bond donors (Lipinski definition) is 1. The molecule has 0 aliphatic heterocycles. The minimum atomic E-state index is -3.62. The van der Waals surface area contributed by atoms with Gasteiger partial charge in [0.2, 0.25) is 10.0 Å². The van der Waals surface area contributed by atoms with E-state index in [-0.39, 0.29) is 10.3 Å². The quantitative estimate of drug-likeness (QED) is 0.845. The van der Waals surface area contributed by atoms with Crippen LogP contribution in [0.15, 0.2) is 58.4 Å². The first-order valence-electron chi connectivity index (χ1n) is 7.88. The van der Waals surface area contributed by atoms with Crippen molar-refractivity contribution in [3.05, 3.63) is 65.2 Å². The third kappa shape index (κ3) is 5.28. The number of primary sulfonamides is 1. The smallest absolute Gasteiger partial charge is 0.238 e. The first-order chi connectivity index (χ1) is 11.2. The van der Waals surface area contributed by atoms with Gasteiger partial charge < -0.3 is 0 Å². The van der Waals surface area contributed by atoms with E-state index < -0.39 is 10.0 Å². The number of aliphatic imine (C=N–C) groups is 1. The van der Waals surface area contributed by atoms with Crippen LogP contribution in [0.3, 0.4) is 0 Å². The Hall–Kier alpha value is -1.98. The van der Waals surface area contributed by atoms with Crippen molar-refractivity contribution in [3.63, 3.8) is 0 Å². The van der Waals surface area contributed by atoms with E-state index in [0.717, 1.165) is 17.5 Å². The molecule has 2 aromatic rings. The highest BCUT2D eigenvalue weighted by atomic mass is 32.2. The summed E-state index contributed by atoms with van der Waals surface area (Å²) in [6, 6.07) is 15.0. The maximum absolute atomic E-state index is 11.2. The summed E-state index contributed by atoms with van der Waals surface area (Å²) in [4.78, 5) is 4.57. The van der Waals surface area contributed by atoms with Crippen molar-refractivity contribution in [2.45, 2.75) is 37.5 Å². The lowest BCUT2D eigenvalue weighted by Gasteiger charge is -2.18. The average molecular weight is 344 g/mol. The van der Waals surface area contributed by atoms with Crippen molar-refractivity contribution in [2.24, 2.45) is 10.1 Å². The number of rotatable bonds is 5. The van der Waals surface area contributed by atoms with E-state index in [9.17, 15) is 8.42 Å². The van der Waals surface area contributed by atoms with Gasteiger partial charge in [-0.2, -0.15) is 0 Å². The zero-order valence-corrected chi connectivity index (χ0v) is 15.2.